The van der Waals surface area contributed by atoms with Crippen molar-refractivity contribution in [3.05, 3.63) is 48.3 Å². The van der Waals surface area contributed by atoms with E-state index in [9.17, 15) is 9.59 Å². The molecule has 1 atom stereocenters. The molecule has 2 aromatic rings. The molecule has 0 aliphatic heterocycles. The molecule has 1 aromatic carbocycles. The van der Waals surface area contributed by atoms with E-state index in [0.29, 0.717) is 11.3 Å². The molecule has 0 bridgehead atoms. The summed E-state index contributed by atoms with van der Waals surface area (Å²) in [6.07, 6.45) is 3.31. The molecule has 1 unspecified atom stereocenters. The number of nitrogens with zero attached hydrogens (tertiary/aromatic N) is 2. The van der Waals surface area contributed by atoms with Crippen molar-refractivity contribution in [1.29, 1.82) is 0 Å². The molecule has 20 heavy (non-hydrogen) atoms. The minimum atomic E-state index is -0.493. The Balaban J connectivity index is 2.18. The highest BCUT2D eigenvalue weighted by atomic mass is 16.5. The molecule has 104 valence electrons. The third-order valence-corrected chi connectivity index (χ3v) is 2.89. The van der Waals surface area contributed by atoms with Gasteiger partial charge in [0.05, 0.1) is 18.4 Å². The van der Waals surface area contributed by atoms with E-state index in [1.165, 1.54) is 11.8 Å². The summed E-state index contributed by atoms with van der Waals surface area (Å²) in [5.41, 5.74) is 0.736. The molecule has 1 aromatic heterocycles. The van der Waals surface area contributed by atoms with Gasteiger partial charge in [-0.3, -0.25) is 9.48 Å². The number of hydrogen-bond donors (Lipinski definition) is 1. The van der Waals surface area contributed by atoms with Crippen LogP contribution in [0.25, 0.3) is 0 Å². The van der Waals surface area contributed by atoms with Crippen LogP contribution in [-0.4, -0.2) is 28.8 Å². The SMILES string of the molecule is COC(=O)c1ccccc1NC(=O)C(C)n1cccn1. The zero-order valence-corrected chi connectivity index (χ0v) is 11.2. The molecule has 6 nitrogen and oxygen atoms in total. The average Bonchev–Trinajstić information content (AvgIpc) is 3.00. The quantitative estimate of drug-likeness (QED) is 0.863. The van der Waals surface area contributed by atoms with Gasteiger partial charge in [0, 0.05) is 12.4 Å². The van der Waals surface area contributed by atoms with Crippen LogP contribution in [0.5, 0.6) is 0 Å². The lowest BCUT2D eigenvalue weighted by molar-refractivity contribution is -0.119. The minimum absolute atomic E-state index is 0.259. The van der Waals surface area contributed by atoms with Gasteiger partial charge in [-0.1, -0.05) is 12.1 Å². The number of methoxy groups -OCH3 is 1. The fraction of sp³-hybridized carbons (Fsp3) is 0.214. The Morgan fingerprint density at radius 2 is 2.05 bits per heavy atom. The van der Waals surface area contributed by atoms with Crippen LogP contribution in [0.4, 0.5) is 5.69 Å². The molecule has 0 saturated heterocycles. The van der Waals surface area contributed by atoms with Crippen LogP contribution in [0, 0.1) is 0 Å². The van der Waals surface area contributed by atoms with E-state index in [2.05, 4.69) is 15.2 Å². The first-order valence-corrected chi connectivity index (χ1v) is 6.11. The smallest absolute Gasteiger partial charge is 0.339 e. The van der Waals surface area contributed by atoms with Gasteiger partial charge < -0.3 is 10.1 Å². The van der Waals surface area contributed by atoms with Crippen LogP contribution < -0.4 is 5.32 Å². The summed E-state index contributed by atoms with van der Waals surface area (Å²) < 4.78 is 6.22. The maximum atomic E-state index is 12.1. The van der Waals surface area contributed by atoms with Crippen molar-refractivity contribution < 1.29 is 14.3 Å². The predicted octanol–water partition coefficient (Wildman–Crippen LogP) is 1.87. The maximum absolute atomic E-state index is 12.1. The summed E-state index contributed by atoms with van der Waals surface area (Å²) in [6.45, 7) is 1.73. The number of benzene rings is 1. The lowest BCUT2D eigenvalue weighted by atomic mass is 10.1. The number of esters is 1. The van der Waals surface area contributed by atoms with Crippen LogP contribution in [0.1, 0.15) is 23.3 Å². The van der Waals surface area contributed by atoms with E-state index in [1.54, 1.807) is 49.6 Å². The number of carbonyl (C=O) groups excluding carboxylic acids is 2. The molecule has 6 heteroatoms. The molecule has 0 radical (unpaired) electrons. The first-order valence-electron chi connectivity index (χ1n) is 6.11. The number of rotatable bonds is 4. The molecule has 1 amide bonds. The van der Waals surface area contributed by atoms with Gasteiger partial charge in [-0.2, -0.15) is 5.10 Å². The van der Waals surface area contributed by atoms with Gasteiger partial charge in [0.1, 0.15) is 6.04 Å². The second-order valence-electron chi connectivity index (χ2n) is 4.19. The first kappa shape index (κ1) is 13.8. The number of amides is 1. The number of ether oxygens (including phenoxy) is 1. The van der Waals surface area contributed by atoms with Crippen LogP contribution >= 0.6 is 0 Å². The van der Waals surface area contributed by atoms with Gasteiger partial charge >= 0.3 is 5.97 Å². The van der Waals surface area contributed by atoms with Crippen molar-refractivity contribution in [3.8, 4) is 0 Å². The molecule has 1 heterocycles. The van der Waals surface area contributed by atoms with Gasteiger partial charge in [0.2, 0.25) is 5.91 Å². The Labute approximate surface area is 116 Å². The number of para-hydroxylation sites is 1. The molecule has 0 saturated carbocycles. The zero-order chi connectivity index (χ0) is 14.5. The van der Waals surface area contributed by atoms with E-state index in [0.717, 1.165) is 0 Å². The van der Waals surface area contributed by atoms with Crippen LogP contribution in [-0.2, 0) is 9.53 Å². The number of aromatic nitrogens is 2. The Kier molecular flexibility index (Phi) is 4.14. The molecule has 0 aliphatic carbocycles. The second-order valence-corrected chi connectivity index (χ2v) is 4.19. The van der Waals surface area contributed by atoms with Gasteiger partial charge in [-0.25, -0.2) is 4.79 Å². The van der Waals surface area contributed by atoms with Crippen LogP contribution in [0.2, 0.25) is 0 Å². The third-order valence-electron chi connectivity index (χ3n) is 2.89. The lowest BCUT2D eigenvalue weighted by Crippen LogP contribution is -2.25. The molecule has 0 aliphatic rings. The fourth-order valence-electron chi connectivity index (χ4n) is 1.75. The molecule has 2 rings (SSSR count). The van der Waals surface area contributed by atoms with E-state index >= 15 is 0 Å². The molecule has 0 spiro atoms. The highest BCUT2D eigenvalue weighted by Gasteiger charge is 2.18. The Bertz CT molecular complexity index is 608. The summed E-state index contributed by atoms with van der Waals surface area (Å²) in [5, 5.41) is 6.73. The maximum Gasteiger partial charge on any atom is 0.339 e. The normalized spacial score (nSPS) is 11.7. The van der Waals surface area contributed by atoms with E-state index in [1.807, 2.05) is 0 Å². The Morgan fingerprint density at radius 1 is 1.30 bits per heavy atom. The van der Waals surface area contributed by atoms with Crippen LogP contribution in [0.3, 0.4) is 0 Å². The van der Waals surface area contributed by atoms with Crippen molar-refractivity contribution in [1.82, 2.24) is 9.78 Å². The van der Waals surface area contributed by atoms with Crippen molar-refractivity contribution >= 4 is 17.6 Å². The fourth-order valence-corrected chi connectivity index (χ4v) is 1.75. The van der Waals surface area contributed by atoms with Gasteiger partial charge in [-0.15, -0.1) is 0 Å². The van der Waals surface area contributed by atoms with E-state index in [4.69, 9.17) is 0 Å². The Hall–Kier alpha value is -2.63. The van der Waals surface area contributed by atoms with Crippen LogP contribution in [0.15, 0.2) is 42.7 Å². The molecular formula is C14H15N3O3. The molecular weight excluding hydrogens is 258 g/mol. The average molecular weight is 273 g/mol. The number of anilines is 1. The van der Waals surface area contributed by atoms with Gasteiger partial charge in [0.25, 0.3) is 0 Å². The number of nitrogens with one attached hydrogen (secondary N) is 1. The molecule has 1 N–H and O–H groups in total. The van der Waals surface area contributed by atoms with Gasteiger partial charge in [0.15, 0.2) is 0 Å². The summed E-state index contributed by atoms with van der Waals surface area (Å²) in [4.78, 5) is 23.8. The van der Waals surface area contributed by atoms with Crippen molar-refractivity contribution in [2.24, 2.45) is 0 Å². The van der Waals surface area contributed by atoms with Crippen molar-refractivity contribution in [3.63, 3.8) is 0 Å². The van der Waals surface area contributed by atoms with E-state index < -0.39 is 12.0 Å². The summed E-state index contributed by atoms with van der Waals surface area (Å²) in [5.74, 6) is -0.752. The standard InChI is InChI=1S/C14H15N3O3/c1-10(17-9-5-8-15-17)13(18)16-12-7-4-3-6-11(12)14(19)20-2/h3-10H,1-2H3,(H,16,18). The van der Waals surface area contributed by atoms with E-state index in [-0.39, 0.29) is 5.91 Å². The summed E-state index contributed by atoms with van der Waals surface area (Å²) in [6, 6.07) is 7.96. The summed E-state index contributed by atoms with van der Waals surface area (Å²) in [7, 11) is 1.30. The monoisotopic (exact) mass is 273 g/mol. The third kappa shape index (κ3) is 2.85. The predicted molar refractivity (Wildman–Crippen MR) is 73.3 cm³/mol. The lowest BCUT2D eigenvalue weighted by Gasteiger charge is -2.14. The highest BCUT2D eigenvalue weighted by molar-refractivity contribution is 6.02. The topological polar surface area (TPSA) is 73.2 Å². The highest BCUT2D eigenvalue weighted by Crippen LogP contribution is 2.17. The Morgan fingerprint density at radius 3 is 2.70 bits per heavy atom. The number of hydrogen-bond acceptors (Lipinski definition) is 4. The minimum Gasteiger partial charge on any atom is -0.465 e. The molecule has 0 fully saturated rings. The van der Waals surface area contributed by atoms with Gasteiger partial charge in [-0.05, 0) is 25.1 Å². The van der Waals surface area contributed by atoms with Crippen molar-refractivity contribution in [2.45, 2.75) is 13.0 Å². The first-order chi connectivity index (χ1) is 9.63. The zero-order valence-electron chi connectivity index (χ0n) is 11.2. The number of carbonyl (C=O) groups is 2. The second kappa shape index (κ2) is 6.01. The van der Waals surface area contributed by atoms with Crippen molar-refractivity contribution in [2.75, 3.05) is 12.4 Å². The summed E-state index contributed by atoms with van der Waals surface area (Å²) >= 11 is 0. The largest absolute Gasteiger partial charge is 0.465 e.